The second-order valence-electron chi connectivity index (χ2n) is 7.24. The van der Waals surface area contributed by atoms with E-state index in [-0.39, 0.29) is 30.7 Å². The van der Waals surface area contributed by atoms with Crippen LogP contribution in [0.2, 0.25) is 0 Å². The van der Waals surface area contributed by atoms with Crippen LogP contribution in [-0.2, 0) is 4.79 Å². The summed E-state index contributed by atoms with van der Waals surface area (Å²) >= 11 is 0. The number of phenols is 1. The summed E-state index contributed by atoms with van der Waals surface area (Å²) in [6.45, 7) is 3.87. The lowest BCUT2D eigenvalue weighted by Crippen LogP contribution is -2.50. The predicted octanol–water partition coefficient (Wildman–Crippen LogP) is 2.36. The van der Waals surface area contributed by atoms with Gasteiger partial charge in [-0.2, -0.15) is 0 Å². The minimum atomic E-state index is -1.01. The highest BCUT2D eigenvalue weighted by molar-refractivity contribution is 5.98. The summed E-state index contributed by atoms with van der Waals surface area (Å²) in [4.78, 5) is 36.7. The Kier molecular flexibility index (Phi) is 8.48. The first-order chi connectivity index (χ1) is 14.7. The van der Waals surface area contributed by atoms with Gasteiger partial charge in [-0.05, 0) is 42.7 Å². The number of carbonyl (C=O) groups excluding carboxylic acids is 3. The minimum absolute atomic E-state index is 0.0167. The molecular formula is C22H25F2N3O4. The Balaban J connectivity index is 1.83. The number of aromatic hydroxyl groups is 1. The third-order valence-corrected chi connectivity index (χ3v) is 4.47. The molecule has 0 saturated heterocycles. The molecule has 2 rings (SSSR count). The largest absolute Gasteiger partial charge is 0.508 e. The standard InChI is InChI=1S/C22H25F2N3O4/c1-13(2)19(27-21(30)18-16(23)8-4-9-17(18)24)22(31)26-11-5-10-25-20(29)14-6-3-7-15(28)12-14/h3-4,6-9,12-13,19,28H,5,10-11H2,1-2H3,(H,25,29)(H,26,31)(H,27,30). The Morgan fingerprint density at radius 1 is 0.935 bits per heavy atom. The van der Waals surface area contributed by atoms with Crippen molar-refractivity contribution in [2.45, 2.75) is 26.3 Å². The Bertz CT molecular complexity index is 930. The van der Waals surface area contributed by atoms with Crippen molar-refractivity contribution >= 4 is 17.7 Å². The van der Waals surface area contributed by atoms with Gasteiger partial charge in [0, 0.05) is 18.7 Å². The van der Waals surface area contributed by atoms with Gasteiger partial charge in [0.05, 0.1) is 0 Å². The van der Waals surface area contributed by atoms with Crippen LogP contribution in [0.3, 0.4) is 0 Å². The molecule has 9 heteroatoms. The van der Waals surface area contributed by atoms with E-state index in [9.17, 15) is 28.3 Å². The van der Waals surface area contributed by atoms with Gasteiger partial charge >= 0.3 is 0 Å². The molecule has 2 aromatic carbocycles. The molecule has 3 amide bonds. The maximum Gasteiger partial charge on any atom is 0.257 e. The molecule has 1 atom stereocenters. The Labute approximate surface area is 178 Å². The van der Waals surface area contributed by atoms with Crippen LogP contribution < -0.4 is 16.0 Å². The number of halogens is 2. The second-order valence-corrected chi connectivity index (χ2v) is 7.24. The molecule has 0 heterocycles. The van der Waals surface area contributed by atoms with Crippen LogP contribution in [0.1, 0.15) is 41.0 Å². The topological polar surface area (TPSA) is 108 Å². The zero-order valence-electron chi connectivity index (χ0n) is 17.2. The first kappa shape index (κ1) is 23.8. The van der Waals surface area contributed by atoms with Gasteiger partial charge in [0.15, 0.2) is 0 Å². The number of hydrogen-bond donors (Lipinski definition) is 4. The molecule has 0 saturated carbocycles. The number of nitrogens with one attached hydrogen (secondary N) is 3. The third-order valence-electron chi connectivity index (χ3n) is 4.47. The van der Waals surface area contributed by atoms with Crippen LogP contribution in [0.15, 0.2) is 42.5 Å². The van der Waals surface area contributed by atoms with Crippen molar-refractivity contribution in [2.24, 2.45) is 5.92 Å². The van der Waals surface area contributed by atoms with Crippen LogP contribution >= 0.6 is 0 Å². The summed E-state index contributed by atoms with van der Waals surface area (Å²) in [6.07, 6.45) is 0.414. The SMILES string of the molecule is CC(C)C(NC(=O)c1c(F)cccc1F)C(=O)NCCCNC(=O)c1cccc(O)c1. The van der Waals surface area contributed by atoms with Gasteiger partial charge in [0.1, 0.15) is 29.0 Å². The lowest BCUT2D eigenvalue weighted by molar-refractivity contribution is -0.123. The van der Waals surface area contributed by atoms with Crippen molar-refractivity contribution in [2.75, 3.05) is 13.1 Å². The number of amides is 3. The Morgan fingerprint density at radius 2 is 1.55 bits per heavy atom. The normalized spacial score (nSPS) is 11.6. The monoisotopic (exact) mass is 433 g/mol. The molecule has 31 heavy (non-hydrogen) atoms. The van der Waals surface area contributed by atoms with Crippen molar-refractivity contribution in [3.63, 3.8) is 0 Å². The second kappa shape index (κ2) is 11.1. The molecule has 0 aliphatic carbocycles. The lowest BCUT2D eigenvalue weighted by Gasteiger charge is -2.22. The van der Waals surface area contributed by atoms with Gasteiger partial charge in [0.25, 0.3) is 11.8 Å². The smallest absolute Gasteiger partial charge is 0.257 e. The van der Waals surface area contributed by atoms with Crippen molar-refractivity contribution < 1.29 is 28.3 Å². The molecule has 0 radical (unpaired) electrons. The Hall–Kier alpha value is -3.49. The first-order valence-electron chi connectivity index (χ1n) is 9.80. The number of phenolic OH excluding ortho intramolecular Hbond substituents is 1. The van der Waals surface area contributed by atoms with E-state index in [4.69, 9.17) is 0 Å². The van der Waals surface area contributed by atoms with E-state index < -0.39 is 35.1 Å². The zero-order chi connectivity index (χ0) is 23.0. The summed E-state index contributed by atoms with van der Waals surface area (Å²) in [5.41, 5.74) is -0.428. The molecule has 166 valence electrons. The molecule has 2 aromatic rings. The van der Waals surface area contributed by atoms with Crippen molar-refractivity contribution in [3.05, 3.63) is 65.2 Å². The highest BCUT2D eigenvalue weighted by Crippen LogP contribution is 2.13. The van der Waals surface area contributed by atoms with Crippen LogP contribution in [0, 0.1) is 17.6 Å². The number of rotatable bonds is 9. The summed E-state index contributed by atoms with van der Waals surface area (Å²) < 4.78 is 27.6. The van der Waals surface area contributed by atoms with E-state index >= 15 is 0 Å². The van der Waals surface area contributed by atoms with Crippen molar-refractivity contribution in [1.29, 1.82) is 0 Å². The molecule has 7 nitrogen and oxygen atoms in total. The summed E-state index contributed by atoms with van der Waals surface area (Å²) in [5.74, 6) is -4.24. The van der Waals surface area contributed by atoms with Crippen LogP contribution in [0.4, 0.5) is 8.78 Å². The molecule has 1 unspecified atom stereocenters. The minimum Gasteiger partial charge on any atom is -0.508 e. The first-order valence-corrected chi connectivity index (χ1v) is 9.80. The third kappa shape index (κ3) is 6.77. The molecule has 0 aliphatic heterocycles. The van der Waals surface area contributed by atoms with E-state index in [2.05, 4.69) is 16.0 Å². The lowest BCUT2D eigenvalue weighted by atomic mass is 10.0. The zero-order valence-corrected chi connectivity index (χ0v) is 17.2. The fourth-order valence-electron chi connectivity index (χ4n) is 2.82. The van der Waals surface area contributed by atoms with Crippen LogP contribution in [0.25, 0.3) is 0 Å². The predicted molar refractivity (Wildman–Crippen MR) is 111 cm³/mol. The van der Waals surface area contributed by atoms with Gasteiger partial charge in [-0.3, -0.25) is 14.4 Å². The number of carbonyl (C=O) groups is 3. The average molecular weight is 433 g/mol. The van der Waals surface area contributed by atoms with E-state index in [1.54, 1.807) is 26.0 Å². The van der Waals surface area contributed by atoms with Gasteiger partial charge in [-0.25, -0.2) is 8.78 Å². The summed E-state index contributed by atoms with van der Waals surface area (Å²) in [6, 6.07) is 7.99. The Morgan fingerprint density at radius 3 is 2.16 bits per heavy atom. The highest BCUT2D eigenvalue weighted by Gasteiger charge is 2.27. The fourth-order valence-corrected chi connectivity index (χ4v) is 2.82. The number of benzene rings is 2. The summed E-state index contributed by atoms with van der Waals surface area (Å²) in [5, 5.41) is 17.1. The maximum absolute atomic E-state index is 13.8. The van der Waals surface area contributed by atoms with Gasteiger partial charge in [0.2, 0.25) is 5.91 Å². The molecule has 0 aromatic heterocycles. The van der Waals surface area contributed by atoms with Gasteiger partial charge < -0.3 is 21.1 Å². The fraction of sp³-hybridized carbons (Fsp3) is 0.318. The van der Waals surface area contributed by atoms with E-state index in [0.717, 1.165) is 18.2 Å². The van der Waals surface area contributed by atoms with E-state index in [1.807, 2.05) is 0 Å². The van der Waals surface area contributed by atoms with Crippen LogP contribution in [0.5, 0.6) is 5.75 Å². The van der Waals surface area contributed by atoms with Crippen molar-refractivity contribution in [1.82, 2.24) is 16.0 Å². The number of hydrogen-bond acceptors (Lipinski definition) is 4. The van der Waals surface area contributed by atoms with Gasteiger partial charge in [-0.1, -0.05) is 26.0 Å². The summed E-state index contributed by atoms with van der Waals surface area (Å²) in [7, 11) is 0. The average Bonchev–Trinajstić information content (AvgIpc) is 2.71. The van der Waals surface area contributed by atoms with Crippen molar-refractivity contribution in [3.8, 4) is 5.75 Å². The maximum atomic E-state index is 13.8. The quantitative estimate of drug-likeness (QED) is 0.456. The highest BCUT2D eigenvalue weighted by atomic mass is 19.1. The van der Waals surface area contributed by atoms with Gasteiger partial charge in [-0.15, -0.1) is 0 Å². The molecular weight excluding hydrogens is 408 g/mol. The molecule has 0 spiro atoms. The molecule has 0 fully saturated rings. The molecule has 4 N–H and O–H groups in total. The van der Waals surface area contributed by atoms with E-state index in [0.29, 0.717) is 12.0 Å². The van der Waals surface area contributed by atoms with Crippen LogP contribution in [-0.4, -0.2) is 42.0 Å². The molecule has 0 bridgehead atoms. The van der Waals surface area contributed by atoms with E-state index in [1.165, 1.54) is 12.1 Å². The molecule has 0 aliphatic rings.